The van der Waals surface area contributed by atoms with Gasteiger partial charge >= 0.3 is 6.09 Å². The molecule has 0 radical (unpaired) electrons. The second kappa shape index (κ2) is 15.0. The molecule has 250 valence electrons. The molecule has 3 amide bonds. The highest BCUT2D eigenvalue weighted by Gasteiger charge is 2.44. The Labute approximate surface area is 278 Å². The van der Waals surface area contributed by atoms with Crippen molar-refractivity contribution in [3.05, 3.63) is 89.1 Å². The first-order valence-corrected chi connectivity index (χ1v) is 16.4. The van der Waals surface area contributed by atoms with E-state index in [9.17, 15) is 14.4 Å². The molecule has 1 spiro atoms. The molecule has 3 aliphatic heterocycles. The number of nitrogens with one attached hydrogen (secondary N) is 1. The predicted octanol–water partition coefficient (Wildman–Crippen LogP) is 5.57. The minimum absolute atomic E-state index is 0.0795. The van der Waals surface area contributed by atoms with Crippen LogP contribution in [0.25, 0.3) is 0 Å². The molecular formula is C37H47N5O5. The number of aromatic nitrogens is 1. The van der Waals surface area contributed by atoms with E-state index in [0.717, 1.165) is 74.2 Å². The highest BCUT2D eigenvalue weighted by atomic mass is 16.6. The highest BCUT2D eigenvalue weighted by Crippen LogP contribution is 2.39. The summed E-state index contributed by atoms with van der Waals surface area (Å²) in [6, 6.07) is 20.0. The van der Waals surface area contributed by atoms with Crippen LogP contribution in [0, 0.1) is 5.41 Å². The highest BCUT2D eigenvalue weighted by molar-refractivity contribution is 5.79. The minimum atomic E-state index is -0.523. The monoisotopic (exact) mass is 641 g/mol. The summed E-state index contributed by atoms with van der Waals surface area (Å²) in [7, 11) is 1.70. The molecule has 2 saturated heterocycles. The number of pyridine rings is 1. The number of hydrogen-bond donors (Lipinski definition) is 1. The topological polar surface area (TPSA) is 104 Å². The zero-order chi connectivity index (χ0) is 33.4. The summed E-state index contributed by atoms with van der Waals surface area (Å²) in [5.41, 5.74) is 4.83. The Morgan fingerprint density at radius 1 is 0.936 bits per heavy atom. The van der Waals surface area contributed by atoms with Crippen LogP contribution >= 0.6 is 0 Å². The molecule has 3 aromatic rings. The van der Waals surface area contributed by atoms with Crippen molar-refractivity contribution >= 4 is 29.9 Å². The number of likely N-dealkylation sites (tertiary alicyclic amines) is 2. The molecule has 1 unspecified atom stereocenters. The van der Waals surface area contributed by atoms with E-state index in [2.05, 4.69) is 10.3 Å². The average molecular weight is 642 g/mol. The SMILES string of the molecule is CC(C)(C)OC(=O)N1CCc2cnc(Nc3ccc(CC(=O)N4CCC5(CCN(C=O)C5)C4)cc3)cc2C1.COCc1ccccc1. The summed E-state index contributed by atoms with van der Waals surface area (Å²) in [4.78, 5) is 46.6. The largest absolute Gasteiger partial charge is 0.444 e. The van der Waals surface area contributed by atoms with E-state index < -0.39 is 5.60 Å². The van der Waals surface area contributed by atoms with E-state index in [1.165, 1.54) is 5.56 Å². The Morgan fingerprint density at radius 2 is 1.68 bits per heavy atom. The number of carbonyl (C=O) groups is 3. The molecule has 1 N–H and O–H groups in total. The van der Waals surface area contributed by atoms with Crippen molar-refractivity contribution in [3.8, 4) is 0 Å². The predicted molar refractivity (Wildman–Crippen MR) is 181 cm³/mol. The lowest BCUT2D eigenvalue weighted by molar-refractivity contribution is -0.129. The number of hydrogen-bond acceptors (Lipinski definition) is 7. The molecule has 47 heavy (non-hydrogen) atoms. The van der Waals surface area contributed by atoms with Crippen LogP contribution in [-0.4, -0.2) is 83.5 Å². The molecule has 0 bridgehead atoms. The number of ether oxygens (including phenoxy) is 2. The zero-order valence-electron chi connectivity index (χ0n) is 28.0. The molecule has 10 heteroatoms. The van der Waals surface area contributed by atoms with Crippen molar-refractivity contribution in [2.24, 2.45) is 5.41 Å². The fourth-order valence-corrected chi connectivity index (χ4v) is 6.41. The van der Waals surface area contributed by atoms with Gasteiger partial charge in [-0.1, -0.05) is 42.5 Å². The minimum Gasteiger partial charge on any atom is -0.444 e. The normalized spacial score (nSPS) is 18.8. The van der Waals surface area contributed by atoms with Gasteiger partial charge in [0.15, 0.2) is 0 Å². The maximum atomic E-state index is 12.9. The van der Waals surface area contributed by atoms with Crippen LogP contribution in [0.3, 0.4) is 0 Å². The van der Waals surface area contributed by atoms with Crippen molar-refractivity contribution in [2.45, 2.75) is 65.2 Å². The molecule has 1 aromatic heterocycles. The third-order valence-electron chi connectivity index (χ3n) is 8.89. The summed E-state index contributed by atoms with van der Waals surface area (Å²) >= 11 is 0. The van der Waals surface area contributed by atoms with Gasteiger partial charge in [0, 0.05) is 63.7 Å². The maximum absolute atomic E-state index is 12.9. The van der Waals surface area contributed by atoms with Crippen LogP contribution in [0.2, 0.25) is 0 Å². The van der Waals surface area contributed by atoms with Crippen LogP contribution in [0.15, 0.2) is 66.9 Å². The number of benzene rings is 2. The van der Waals surface area contributed by atoms with Crippen molar-refractivity contribution in [3.63, 3.8) is 0 Å². The van der Waals surface area contributed by atoms with Crippen molar-refractivity contribution in [1.82, 2.24) is 19.7 Å². The van der Waals surface area contributed by atoms with E-state index >= 15 is 0 Å². The van der Waals surface area contributed by atoms with Crippen molar-refractivity contribution < 1.29 is 23.9 Å². The summed E-state index contributed by atoms with van der Waals surface area (Å²) in [6.45, 7) is 10.5. The number of rotatable bonds is 7. The van der Waals surface area contributed by atoms with Gasteiger partial charge in [-0.05, 0) is 80.5 Å². The van der Waals surface area contributed by atoms with Gasteiger partial charge in [-0.2, -0.15) is 0 Å². The standard InChI is InChI=1S/C29H37N5O4.C8H10O/c1-28(2,3)38-27(37)33-11-8-22-16-30-25(15-23(22)17-33)31-24-6-4-21(5-7-24)14-26(36)34-13-10-29(19-34)9-12-32(18-29)20-35;1-9-7-8-5-3-2-4-6-8/h4-7,15-16,20H,8-14,17-19H2,1-3H3,(H,30,31);2-6H,7H2,1H3. The Balaban J connectivity index is 0.000000417. The fourth-order valence-electron chi connectivity index (χ4n) is 6.41. The van der Waals surface area contributed by atoms with Crippen molar-refractivity contribution in [1.29, 1.82) is 0 Å². The number of amides is 3. The molecule has 4 heterocycles. The Kier molecular flexibility index (Phi) is 10.8. The van der Waals surface area contributed by atoms with E-state index in [-0.39, 0.29) is 17.4 Å². The zero-order valence-corrected chi connectivity index (χ0v) is 28.0. The maximum Gasteiger partial charge on any atom is 0.410 e. The Bertz CT molecular complexity index is 1520. The average Bonchev–Trinajstić information content (AvgIpc) is 3.68. The first-order chi connectivity index (χ1) is 22.5. The van der Waals surface area contributed by atoms with E-state index in [1.807, 2.05) is 97.4 Å². The summed E-state index contributed by atoms with van der Waals surface area (Å²) in [5, 5.41) is 3.34. The molecule has 0 saturated carbocycles. The van der Waals surface area contributed by atoms with Gasteiger partial charge in [-0.3, -0.25) is 9.59 Å². The van der Waals surface area contributed by atoms with Gasteiger partial charge in [0.2, 0.25) is 12.3 Å². The van der Waals surface area contributed by atoms with Crippen LogP contribution in [0.5, 0.6) is 0 Å². The second-order valence-corrected chi connectivity index (χ2v) is 13.8. The van der Waals surface area contributed by atoms with E-state index in [4.69, 9.17) is 9.47 Å². The Morgan fingerprint density at radius 3 is 2.36 bits per heavy atom. The van der Waals surface area contributed by atoms with Crippen LogP contribution in [-0.2, 0) is 45.1 Å². The number of methoxy groups -OCH3 is 1. The molecule has 1 atom stereocenters. The Hall–Kier alpha value is -4.44. The fraction of sp³-hybridized carbons (Fsp3) is 0.459. The lowest BCUT2D eigenvalue weighted by Gasteiger charge is -2.31. The number of carbonyl (C=O) groups excluding carboxylic acids is 3. The first kappa shape index (κ1) is 33.9. The van der Waals surface area contributed by atoms with Crippen LogP contribution in [0.1, 0.15) is 55.9 Å². The van der Waals surface area contributed by atoms with Crippen molar-refractivity contribution in [2.75, 3.05) is 45.2 Å². The second-order valence-electron chi connectivity index (χ2n) is 13.8. The van der Waals surface area contributed by atoms with Gasteiger partial charge in [0.1, 0.15) is 11.4 Å². The lowest BCUT2D eigenvalue weighted by atomic mass is 9.86. The van der Waals surface area contributed by atoms with Crippen LogP contribution in [0.4, 0.5) is 16.3 Å². The lowest BCUT2D eigenvalue weighted by Crippen LogP contribution is -2.39. The quantitative estimate of drug-likeness (QED) is 0.336. The number of fused-ring (bicyclic) bond motifs is 1. The number of nitrogens with zero attached hydrogens (tertiary/aromatic N) is 4. The summed E-state index contributed by atoms with van der Waals surface area (Å²) < 4.78 is 10.5. The first-order valence-electron chi connectivity index (χ1n) is 16.4. The summed E-state index contributed by atoms with van der Waals surface area (Å²) in [6.07, 6.45) is 5.56. The third kappa shape index (κ3) is 9.32. The van der Waals surface area contributed by atoms with Gasteiger partial charge < -0.3 is 29.5 Å². The molecule has 0 aliphatic carbocycles. The van der Waals surface area contributed by atoms with E-state index in [1.54, 1.807) is 12.0 Å². The number of anilines is 2. The molecule has 6 rings (SSSR count). The molecular weight excluding hydrogens is 594 g/mol. The van der Waals surface area contributed by atoms with Gasteiger partial charge in [-0.15, -0.1) is 0 Å². The third-order valence-corrected chi connectivity index (χ3v) is 8.89. The van der Waals surface area contributed by atoms with Crippen LogP contribution < -0.4 is 5.32 Å². The van der Waals surface area contributed by atoms with Gasteiger partial charge in [0.05, 0.1) is 13.0 Å². The molecule has 2 fully saturated rings. The molecule has 3 aliphatic rings. The van der Waals surface area contributed by atoms with Gasteiger partial charge in [0.25, 0.3) is 0 Å². The smallest absolute Gasteiger partial charge is 0.410 e. The van der Waals surface area contributed by atoms with Gasteiger partial charge in [-0.25, -0.2) is 9.78 Å². The van der Waals surface area contributed by atoms with E-state index in [0.29, 0.717) is 31.9 Å². The molecule has 2 aromatic carbocycles. The summed E-state index contributed by atoms with van der Waals surface area (Å²) in [5.74, 6) is 0.847. The molecule has 10 nitrogen and oxygen atoms in total.